The first-order chi connectivity index (χ1) is 10.3. The van der Waals surface area contributed by atoms with Crippen LogP contribution >= 0.6 is 23.2 Å². The minimum atomic E-state index is -0.730. The summed E-state index contributed by atoms with van der Waals surface area (Å²) in [6, 6.07) is 4.17. The molecule has 1 aromatic carbocycles. The number of hydrogen-bond acceptors (Lipinski definition) is 5. The second kappa shape index (κ2) is 6.20. The number of carbonyl (C=O) groups is 1. The number of halogens is 2. The van der Waals surface area contributed by atoms with E-state index in [4.69, 9.17) is 23.2 Å². The number of phenolic OH excluding ortho intramolecular Hbond substituents is 1. The van der Waals surface area contributed by atoms with Gasteiger partial charge < -0.3 is 20.5 Å². The number of nitro groups is 1. The molecule has 1 aromatic heterocycles. The molecular formula is C12H10Cl2N4O4. The van der Waals surface area contributed by atoms with Crippen molar-refractivity contribution in [3.63, 3.8) is 0 Å². The smallest absolute Gasteiger partial charge is 0.408 e. The molecule has 116 valence electrons. The van der Waals surface area contributed by atoms with Gasteiger partial charge in [0, 0.05) is 5.02 Å². The number of amides is 1. The summed E-state index contributed by atoms with van der Waals surface area (Å²) in [6.07, 6.45) is 0. The first-order valence-corrected chi connectivity index (χ1v) is 6.71. The third-order valence-electron chi connectivity index (χ3n) is 2.82. The molecule has 0 radical (unpaired) electrons. The van der Waals surface area contributed by atoms with Crippen LogP contribution in [0.5, 0.6) is 5.75 Å². The van der Waals surface area contributed by atoms with Gasteiger partial charge in [-0.05, 0) is 30.0 Å². The van der Waals surface area contributed by atoms with E-state index < -0.39 is 16.6 Å². The monoisotopic (exact) mass is 344 g/mol. The van der Waals surface area contributed by atoms with Crippen LogP contribution in [-0.4, -0.2) is 25.7 Å². The van der Waals surface area contributed by atoms with Crippen LogP contribution in [0.3, 0.4) is 0 Å². The molecule has 0 saturated carbocycles. The maximum atomic E-state index is 11.9. The predicted molar refractivity (Wildman–Crippen MR) is 80.4 cm³/mol. The summed E-state index contributed by atoms with van der Waals surface area (Å²) >= 11 is 11.6. The summed E-state index contributed by atoms with van der Waals surface area (Å²) in [5.41, 5.74) is 0.418. The van der Waals surface area contributed by atoms with Gasteiger partial charge in [0.1, 0.15) is 12.3 Å². The Hall–Kier alpha value is -2.32. The molecule has 0 fully saturated rings. The molecular weight excluding hydrogens is 335 g/mol. The van der Waals surface area contributed by atoms with Crippen LogP contribution in [0.1, 0.15) is 5.69 Å². The maximum Gasteiger partial charge on any atom is 0.408 e. The number of benzene rings is 1. The first-order valence-electron chi connectivity index (χ1n) is 5.95. The van der Waals surface area contributed by atoms with Gasteiger partial charge in [-0.2, -0.15) is 4.68 Å². The third-order valence-corrected chi connectivity index (χ3v) is 3.49. The van der Waals surface area contributed by atoms with Gasteiger partial charge in [0.05, 0.1) is 16.5 Å². The lowest BCUT2D eigenvalue weighted by Gasteiger charge is -2.07. The Balaban J connectivity index is 2.17. The Morgan fingerprint density at radius 2 is 2.18 bits per heavy atom. The van der Waals surface area contributed by atoms with Gasteiger partial charge in [0.25, 0.3) is 0 Å². The molecule has 1 heterocycles. The summed E-state index contributed by atoms with van der Waals surface area (Å²) in [7, 11) is 0. The summed E-state index contributed by atoms with van der Waals surface area (Å²) in [4.78, 5) is 22.0. The maximum absolute atomic E-state index is 11.9. The highest BCUT2D eigenvalue weighted by molar-refractivity contribution is 6.33. The molecule has 2 aromatic rings. The molecule has 1 amide bonds. The van der Waals surface area contributed by atoms with E-state index >= 15 is 0 Å². The Bertz CT molecular complexity index is 760. The number of nitrogens with one attached hydrogen (secondary N) is 1. The number of nitrogens with zero attached hydrogens (tertiary/aromatic N) is 3. The lowest BCUT2D eigenvalue weighted by Crippen LogP contribution is -2.20. The average molecular weight is 345 g/mol. The van der Waals surface area contributed by atoms with Crippen LogP contribution < -0.4 is 5.32 Å². The van der Waals surface area contributed by atoms with Crippen LogP contribution in [0.2, 0.25) is 10.0 Å². The van der Waals surface area contributed by atoms with E-state index in [1.54, 1.807) is 0 Å². The largest absolute Gasteiger partial charge is 0.506 e. The van der Waals surface area contributed by atoms with Crippen molar-refractivity contribution in [2.24, 2.45) is 0 Å². The summed E-state index contributed by atoms with van der Waals surface area (Å²) < 4.78 is 1.11. The third kappa shape index (κ3) is 3.29. The van der Waals surface area contributed by atoms with E-state index in [1.165, 1.54) is 25.1 Å². The lowest BCUT2D eigenvalue weighted by atomic mass is 10.3. The number of aromatic hydroxyl groups is 1. The van der Waals surface area contributed by atoms with Crippen molar-refractivity contribution in [1.82, 2.24) is 9.78 Å². The Labute approximate surface area is 134 Å². The van der Waals surface area contributed by atoms with Gasteiger partial charge in [-0.1, -0.05) is 23.2 Å². The highest BCUT2D eigenvalue weighted by atomic mass is 35.5. The molecule has 0 aliphatic heterocycles. The number of aromatic nitrogens is 2. The molecule has 0 spiro atoms. The average Bonchev–Trinajstić information content (AvgIpc) is 2.71. The van der Waals surface area contributed by atoms with Crippen molar-refractivity contribution < 1.29 is 14.8 Å². The van der Waals surface area contributed by atoms with Crippen molar-refractivity contribution in [3.8, 4) is 5.75 Å². The fraction of sp³-hybridized carbons (Fsp3) is 0.167. The zero-order valence-corrected chi connectivity index (χ0v) is 12.7. The fourth-order valence-corrected chi connectivity index (χ4v) is 2.09. The van der Waals surface area contributed by atoms with Crippen molar-refractivity contribution in [1.29, 1.82) is 0 Å². The highest BCUT2D eigenvalue weighted by Gasteiger charge is 2.25. The number of phenols is 1. The van der Waals surface area contributed by atoms with E-state index in [1.807, 2.05) is 0 Å². The van der Waals surface area contributed by atoms with Crippen molar-refractivity contribution >= 4 is 40.6 Å². The minimum absolute atomic E-state index is 0.122. The van der Waals surface area contributed by atoms with Gasteiger partial charge in [-0.15, -0.1) is 0 Å². The van der Waals surface area contributed by atoms with Crippen LogP contribution in [0.15, 0.2) is 18.2 Å². The number of carbonyl (C=O) groups excluding carboxylic acids is 1. The van der Waals surface area contributed by atoms with Crippen LogP contribution in [0, 0.1) is 17.0 Å². The Kier molecular flexibility index (Phi) is 4.53. The van der Waals surface area contributed by atoms with Gasteiger partial charge in [0.2, 0.25) is 5.91 Å². The normalized spacial score (nSPS) is 10.5. The van der Waals surface area contributed by atoms with Crippen molar-refractivity contribution in [2.45, 2.75) is 13.5 Å². The van der Waals surface area contributed by atoms with Gasteiger partial charge in [-0.3, -0.25) is 4.79 Å². The highest BCUT2D eigenvalue weighted by Crippen LogP contribution is 2.28. The zero-order chi connectivity index (χ0) is 16.4. The minimum Gasteiger partial charge on any atom is -0.506 e. The topological polar surface area (TPSA) is 110 Å². The number of anilines is 1. The predicted octanol–water partition coefficient (Wildman–Crippen LogP) is 2.75. The van der Waals surface area contributed by atoms with E-state index in [9.17, 15) is 20.0 Å². The molecule has 0 unspecified atom stereocenters. The standard InChI is InChI=1S/C12H10Cl2N4O4/c1-6-11(14)12(18(21)22)16-17(6)5-10(20)15-8-4-7(13)2-3-9(8)19/h2-4,19H,5H2,1H3,(H,15,20). The SMILES string of the molecule is Cc1c(Cl)c([N+](=O)[O-])nn1CC(=O)Nc1cc(Cl)ccc1O. The van der Waals surface area contributed by atoms with Crippen molar-refractivity contribution in [3.05, 3.63) is 44.1 Å². The van der Waals surface area contributed by atoms with Gasteiger partial charge >= 0.3 is 5.82 Å². The molecule has 2 N–H and O–H groups in total. The molecule has 2 rings (SSSR count). The molecule has 0 aliphatic rings. The van der Waals surface area contributed by atoms with Crippen molar-refractivity contribution in [2.75, 3.05) is 5.32 Å². The molecule has 0 bridgehead atoms. The second-order valence-corrected chi connectivity index (χ2v) is 5.16. The molecule has 0 aliphatic carbocycles. The Morgan fingerprint density at radius 1 is 1.50 bits per heavy atom. The first kappa shape index (κ1) is 16.1. The van der Waals surface area contributed by atoms with Gasteiger partial charge in [-0.25, -0.2) is 0 Å². The molecule has 0 atom stereocenters. The van der Waals surface area contributed by atoms with Crippen LogP contribution in [-0.2, 0) is 11.3 Å². The summed E-state index contributed by atoms with van der Waals surface area (Å²) in [5, 5.41) is 26.7. The van der Waals surface area contributed by atoms with E-state index in [0.29, 0.717) is 10.7 Å². The van der Waals surface area contributed by atoms with E-state index in [-0.39, 0.29) is 23.0 Å². The van der Waals surface area contributed by atoms with Crippen LogP contribution in [0.25, 0.3) is 0 Å². The zero-order valence-electron chi connectivity index (χ0n) is 11.2. The van der Waals surface area contributed by atoms with Crippen LogP contribution in [0.4, 0.5) is 11.5 Å². The number of rotatable bonds is 4. The van der Waals surface area contributed by atoms with E-state index in [2.05, 4.69) is 10.4 Å². The van der Waals surface area contributed by atoms with Gasteiger partial charge in [0.15, 0.2) is 5.02 Å². The molecule has 10 heteroatoms. The fourth-order valence-electron chi connectivity index (χ4n) is 1.71. The quantitative estimate of drug-likeness (QED) is 0.503. The molecule has 8 nitrogen and oxygen atoms in total. The molecule has 22 heavy (non-hydrogen) atoms. The Morgan fingerprint density at radius 3 is 2.77 bits per heavy atom. The number of hydrogen-bond donors (Lipinski definition) is 2. The van der Waals surface area contributed by atoms with E-state index in [0.717, 1.165) is 4.68 Å². The lowest BCUT2D eigenvalue weighted by molar-refractivity contribution is -0.389. The summed E-state index contributed by atoms with van der Waals surface area (Å²) in [6.45, 7) is 1.21. The second-order valence-electron chi connectivity index (χ2n) is 4.35. The summed E-state index contributed by atoms with van der Waals surface area (Å²) in [5.74, 6) is -1.22. The molecule has 0 saturated heterocycles.